The van der Waals surface area contributed by atoms with Crippen LogP contribution < -0.4 is 14.8 Å². The number of amides is 2. The summed E-state index contributed by atoms with van der Waals surface area (Å²) in [5.41, 5.74) is 1.23. The average Bonchev–Trinajstić information content (AvgIpc) is 3.65. The lowest BCUT2D eigenvalue weighted by Crippen LogP contribution is -2.50. The van der Waals surface area contributed by atoms with E-state index in [1.165, 1.54) is 0 Å². The van der Waals surface area contributed by atoms with Crippen LogP contribution in [0, 0.1) is 17.8 Å². The number of nitrogens with zero attached hydrogens (tertiary/aromatic N) is 2. The topological polar surface area (TPSA) is 107 Å². The molecule has 2 aliphatic rings. The maximum absolute atomic E-state index is 14.0. The standard InChI is InChI=1S/C38H45N3O6/c1-6-9-10-14-19-41(4)36(43)31-21-28(20-30(31)35(42)40-38(24-26(38)7-2)37(44)46-8-3)47-34-23-32(25-15-12-11-13-16-25)39-33-22-27(45-5)17-18-29(33)34/h6-7,11-13,15-18,22-23,26,28,30-31H,1-2,8-10,14,19-21,24H2,3-5H3,(H,40,42)/t26-,28-,30-,31-,38-/m1/s1. The molecule has 1 aromatic heterocycles. The first-order chi connectivity index (χ1) is 22.7. The molecule has 248 valence electrons. The van der Waals surface area contributed by atoms with Gasteiger partial charge in [-0.2, -0.15) is 0 Å². The fourth-order valence-electron chi connectivity index (χ4n) is 6.59. The molecular weight excluding hydrogens is 594 g/mol. The van der Waals surface area contributed by atoms with Crippen LogP contribution >= 0.6 is 0 Å². The number of carbonyl (C=O) groups is 3. The number of fused-ring (bicyclic) bond motifs is 1. The number of hydrogen-bond acceptors (Lipinski definition) is 7. The van der Waals surface area contributed by atoms with Gasteiger partial charge in [-0.3, -0.25) is 9.59 Å². The van der Waals surface area contributed by atoms with E-state index in [-0.39, 0.29) is 24.3 Å². The normalized spacial score (nSPS) is 23.0. The Labute approximate surface area is 277 Å². The van der Waals surface area contributed by atoms with Crippen molar-refractivity contribution in [2.24, 2.45) is 17.8 Å². The molecule has 2 aromatic carbocycles. The van der Waals surface area contributed by atoms with Crippen molar-refractivity contribution >= 4 is 28.7 Å². The van der Waals surface area contributed by atoms with Gasteiger partial charge in [0.25, 0.3) is 0 Å². The second-order valence-corrected chi connectivity index (χ2v) is 12.5. The van der Waals surface area contributed by atoms with Gasteiger partial charge in [0.2, 0.25) is 11.8 Å². The summed E-state index contributed by atoms with van der Waals surface area (Å²) < 4.78 is 17.5. The van der Waals surface area contributed by atoms with E-state index in [1.807, 2.05) is 60.7 Å². The molecular formula is C38H45N3O6. The van der Waals surface area contributed by atoms with E-state index in [0.717, 1.165) is 35.9 Å². The number of rotatable bonds is 15. The fraction of sp³-hybridized carbons (Fsp3) is 0.421. The van der Waals surface area contributed by atoms with E-state index in [2.05, 4.69) is 18.5 Å². The summed E-state index contributed by atoms with van der Waals surface area (Å²) in [6.07, 6.45) is 6.83. The lowest BCUT2D eigenvalue weighted by atomic mass is 9.93. The summed E-state index contributed by atoms with van der Waals surface area (Å²) in [6.45, 7) is 10.1. The first-order valence-corrected chi connectivity index (χ1v) is 16.4. The Bertz CT molecular complexity index is 1620. The molecule has 2 fully saturated rings. The Morgan fingerprint density at radius 3 is 2.51 bits per heavy atom. The smallest absolute Gasteiger partial charge is 0.332 e. The summed E-state index contributed by atoms with van der Waals surface area (Å²) in [4.78, 5) is 47.5. The predicted molar refractivity (Wildman–Crippen MR) is 182 cm³/mol. The third kappa shape index (κ3) is 7.34. The molecule has 0 unspecified atom stereocenters. The second kappa shape index (κ2) is 14.8. The van der Waals surface area contributed by atoms with Crippen LogP contribution in [0.2, 0.25) is 0 Å². The summed E-state index contributed by atoms with van der Waals surface area (Å²) in [5, 5.41) is 3.79. The van der Waals surface area contributed by atoms with Crippen molar-refractivity contribution in [2.45, 2.75) is 57.1 Å². The zero-order valence-corrected chi connectivity index (χ0v) is 27.6. The van der Waals surface area contributed by atoms with Crippen LogP contribution in [-0.2, 0) is 19.1 Å². The molecule has 0 aliphatic heterocycles. The molecule has 2 amide bonds. The van der Waals surface area contributed by atoms with Gasteiger partial charge in [-0.25, -0.2) is 9.78 Å². The summed E-state index contributed by atoms with van der Waals surface area (Å²) >= 11 is 0. The maximum Gasteiger partial charge on any atom is 0.332 e. The molecule has 1 heterocycles. The van der Waals surface area contributed by atoms with E-state index >= 15 is 0 Å². The van der Waals surface area contributed by atoms with Crippen molar-refractivity contribution in [3.63, 3.8) is 0 Å². The quantitative estimate of drug-likeness (QED) is 0.121. The van der Waals surface area contributed by atoms with Crippen molar-refractivity contribution in [3.8, 4) is 22.8 Å². The molecule has 9 heteroatoms. The van der Waals surface area contributed by atoms with Crippen molar-refractivity contribution in [2.75, 3.05) is 27.3 Å². The molecule has 0 saturated heterocycles. The molecule has 5 rings (SSSR count). The highest BCUT2D eigenvalue weighted by Gasteiger charge is 2.62. The lowest BCUT2D eigenvalue weighted by Gasteiger charge is -2.26. The summed E-state index contributed by atoms with van der Waals surface area (Å²) in [7, 11) is 3.39. The van der Waals surface area contributed by atoms with Gasteiger partial charge in [0.15, 0.2) is 0 Å². The highest BCUT2D eigenvalue weighted by atomic mass is 16.5. The van der Waals surface area contributed by atoms with E-state index in [0.29, 0.717) is 42.8 Å². The van der Waals surface area contributed by atoms with Gasteiger partial charge in [-0.1, -0.05) is 42.5 Å². The molecule has 0 radical (unpaired) electrons. The van der Waals surface area contributed by atoms with Gasteiger partial charge in [0.05, 0.1) is 36.8 Å². The SMILES string of the molecule is C=CCCCCN(C)C(=O)[C@@H]1C[C@H](Oc2cc(-c3ccccc3)nc3cc(OC)ccc23)C[C@H]1C(=O)N[C@]1(C(=O)OCC)C[C@H]1C=C. The van der Waals surface area contributed by atoms with Gasteiger partial charge in [0, 0.05) is 42.6 Å². The molecule has 9 nitrogen and oxygen atoms in total. The zero-order valence-electron chi connectivity index (χ0n) is 27.6. The van der Waals surface area contributed by atoms with Crippen LogP contribution in [-0.4, -0.2) is 66.6 Å². The Balaban J connectivity index is 1.44. The zero-order chi connectivity index (χ0) is 33.6. The van der Waals surface area contributed by atoms with Crippen molar-refractivity contribution < 1.29 is 28.6 Å². The number of carbonyl (C=O) groups excluding carboxylic acids is 3. The molecule has 1 N–H and O–H groups in total. The molecule has 2 saturated carbocycles. The van der Waals surface area contributed by atoms with Gasteiger partial charge in [-0.15, -0.1) is 13.2 Å². The number of aromatic nitrogens is 1. The van der Waals surface area contributed by atoms with Gasteiger partial charge in [0.1, 0.15) is 23.1 Å². The number of nitrogens with one attached hydrogen (secondary N) is 1. The minimum Gasteiger partial charge on any atom is -0.497 e. The van der Waals surface area contributed by atoms with Crippen LogP contribution in [0.5, 0.6) is 11.5 Å². The monoisotopic (exact) mass is 639 g/mol. The minimum absolute atomic E-state index is 0.106. The van der Waals surface area contributed by atoms with Gasteiger partial charge >= 0.3 is 5.97 Å². The van der Waals surface area contributed by atoms with E-state index in [4.69, 9.17) is 19.2 Å². The number of benzene rings is 2. The van der Waals surface area contributed by atoms with Crippen molar-refractivity contribution in [1.29, 1.82) is 0 Å². The van der Waals surface area contributed by atoms with Crippen LogP contribution in [0.3, 0.4) is 0 Å². The van der Waals surface area contributed by atoms with E-state index < -0.39 is 29.4 Å². The number of ether oxygens (including phenoxy) is 3. The molecule has 2 aliphatic carbocycles. The van der Waals surface area contributed by atoms with Gasteiger partial charge < -0.3 is 24.4 Å². The van der Waals surface area contributed by atoms with Crippen LogP contribution in [0.15, 0.2) is 79.9 Å². The van der Waals surface area contributed by atoms with Crippen molar-refractivity contribution in [3.05, 3.63) is 79.9 Å². The predicted octanol–water partition coefficient (Wildman–Crippen LogP) is 6.12. The first kappa shape index (κ1) is 33.7. The number of esters is 1. The molecule has 3 aromatic rings. The molecule has 47 heavy (non-hydrogen) atoms. The first-order valence-electron chi connectivity index (χ1n) is 16.4. The second-order valence-electron chi connectivity index (χ2n) is 12.5. The van der Waals surface area contributed by atoms with Crippen LogP contribution in [0.1, 0.15) is 45.4 Å². The highest BCUT2D eigenvalue weighted by Crippen LogP contribution is 2.47. The lowest BCUT2D eigenvalue weighted by molar-refractivity contribution is -0.150. The van der Waals surface area contributed by atoms with Crippen LogP contribution in [0.25, 0.3) is 22.2 Å². The number of unbranched alkanes of at least 4 members (excludes halogenated alkanes) is 2. The molecule has 5 atom stereocenters. The third-order valence-electron chi connectivity index (χ3n) is 9.33. The van der Waals surface area contributed by atoms with Gasteiger partial charge in [-0.05, 0) is 57.6 Å². The highest BCUT2D eigenvalue weighted by molar-refractivity contribution is 5.95. The Hall–Kier alpha value is -4.66. The fourth-order valence-corrected chi connectivity index (χ4v) is 6.59. The summed E-state index contributed by atoms with van der Waals surface area (Å²) in [6, 6.07) is 17.4. The Morgan fingerprint density at radius 2 is 1.83 bits per heavy atom. The maximum atomic E-state index is 14.0. The Morgan fingerprint density at radius 1 is 1.06 bits per heavy atom. The molecule has 0 spiro atoms. The molecule has 0 bridgehead atoms. The minimum atomic E-state index is -1.15. The largest absolute Gasteiger partial charge is 0.497 e. The third-order valence-corrected chi connectivity index (χ3v) is 9.33. The number of methoxy groups -OCH3 is 1. The number of allylic oxidation sites excluding steroid dienone is 1. The average molecular weight is 640 g/mol. The number of hydrogen-bond donors (Lipinski definition) is 1. The van der Waals surface area contributed by atoms with E-state index in [9.17, 15) is 14.4 Å². The summed E-state index contributed by atoms with van der Waals surface area (Å²) in [5.74, 6) is -1.17. The van der Waals surface area contributed by atoms with E-state index in [1.54, 1.807) is 32.1 Å². The number of pyridine rings is 1. The Kier molecular flexibility index (Phi) is 10.6. The van der Waals surface area contributed by atoms with Crippen LogP contribution in [0.4, 0.5) is 0 Å². The van der Waals surface area contributed by atoms with Crippen molar-refractivity contribution in [1.82, 2.24) is 15.2 Å².